The summed E-state index contributed by atoms with van der Waals surface area (Å²) in [6.07, 6.45) is -2.02. The Morgan fingerprint density at radius 2 is 1.74 bits per heavy atom. The average molecular weight is 753 g/mol. The Bertz CT molecular complexity index is 1660. The lowest BCUT2D eigenvalue weighted by atomic mass is 9.97. The SMILES string of the molecule is COc1ccc(CN2CCN(C[C@@H](O)[C@H](Cc3ccccc3)NC(=O)[C@H](C(C)C)N(Cc3csc(C)n3)C(=O)O)[C@H](C(=O)NC(C)(C)C)C2)cc1OC. The molecular formula is C39H56N6O7S. The highest BCUT2D eigenvalue weighted by atomic mass is 32.1. The van der Waals surface area contributed by atoms with E-state index in [4.69, 9.17) is 9.47 Å². The van der Waals surface area contributed by atoms with Crippen molar-refractivity contribution in [3.8, 4) is 11.5 Å². The van der Waals surface area contributed by atoms with E-state index in [-0.39, 0.29) is 24.9 Å². The van der Waals surface area contributed by atoms with Crippen molar-refractivity contribution in [3.05, 3.63) is 75.7 Å². The van der Waals surface area contributed by atoms with Crippen molar-refractivity contribution in [2.75, 3.05) is 40.4 Å². The molecule has 1 aromatic heterocycles. The molecule has 0 saturated carbocycles. The number of carboxylic acid groups (broad SMARTS) is 1. The van der Waals surface area contributed by atoms with Gasteiger partial charge >= 0.3 is 6.09 Å². The van der Waals surface area contributed by atoms with Gasteiger partial charge in [-0.3, -0.25) is 24.3 Å². The van der Waals surface area contributed by atoms with Crippen LogP contribution in [0.5, 0.6) is 11.5 Å². The third kappa shape index (κ3) is 11.9. The number of nitrogens with zero attached hydrogens (tertiary/aromatic N) is 4. The van der Waals surface area contributed by atoms with Crippen molar-refractivity contribution >= 4 is 29.2 Å². The number of benzene rings is 2. The number of piperazine rings is 1. The molecule has 0 unspecified atom stereocenters. The summed E-state index contributed by atoms with van der Waals surface area (Å²) in [6, 6.07) is 12.9. The minimum atomic E-state index is -1.23. The number of methoxy groups -OCH3 is 2. The number of aliphatic hydroxyl groups is 1. The fraction of sp³-hybridized carbons (Fsp3) is 0.538. The zero-order chi connectivity index (χ0) is 38.9. The Morgan fingerprint density at radius 3 is 2.32 bits per heavy atom. The van der Waals surface area contributed by atoms with E-state index in [1.54, 1.807) is 33.4 Å². The summed E-state index contributed by atoms with van der Waals surface area (Å²) < 4.78 is 10.9. The lowest BCUT2D eigenvalue weighted by Gasteiger charge is -2.43. The third-order valence-corrected chi connectivity index (χ3v) is 10.0. The van der Waals surface area contributed by atoms with Gasteiger partial charge < -0.3 is 30.3 Å². The number of ether oxygens (including phenoxy) is 2. The Morgan fingerprint density at radius 1 is 1.04 bits per heavy atom. The molecule has 2 heterocycles. The van der Waals surface area contributed by atoms with Gasteiger partial charge in [0.2, 0.25) is 11.8 Å². The third-order valence-electron chi connectivity index (χ3n) is 9.22. The van der Waals surface area contributed by atoms with Crippen molar-refractivity contribution in [2.24, 2.45) is 5.92 Å². The number of carbonyl (C=O) groups excluding carboxylic acids is 2. The summed E-state index contributed by atoms with van der Waals surface area (Å²) in [7, 11) is 3.19. The van der Waals surface area contributed by atoms with Gasteiger partial charge in [0.25, 0.3) is 0 Å². The summed E-state index contributed by atoms with van der Waals surface area (Å²) in [6.45, 7) is 13.4. The van der Waals surface area contributed by atoms with E-state index in [0.29, 0.717) is 49.8 Å². The number of amides is 3. The molecule has 3 amide bonds. The van der Waals surface area contributed by atoms with Crippen molar-refractivity contribution in [2.45, 2.75) is 90.8 Å². The van der Waals surface area contributed by atoms with Crippen LogP contribution in [0.1, 0.15) is 56.4 Å². The van der Waals surface area contributed by atoms with E-state index in [1.807, 2.05) is 81.1 Å². The van der Waals surface area contributed by atoms with Crippen LogP contribution in [0.25, 0.3) is 0 Å². The number of carbonyl (C=O) groups is 3. The molecule has 53 heavy (non-hydrogen) atoms. The first-order valence-electron chi connectivity index (χ1n) is 18.0. The number of rotatable bonds is 16. The number of aryl methyl sites for hydroxylation is 1. The maximum absolute atomic E-state index is 14.1. The Balaban J connectivity index is 1.57. The first-order valence-corrected chi connectivity index (χ1v) is 18.9. The number of nitrogens with one attached hydrogen (secondary N) is 2. The molecule has 0 spiro atoms. The second kappa shape index (κ2) is 18.7. The van der Waals surface area contributed by atoms with Gasteiger partial charge in [-0.1, -0.05) is 50.2 Å². The van der Waals surface area contributed by atoms with Crippen LogP contribution >= 0.6 is 11.3 Å². The monoisotopic (exact) mass is 752 g/mol. The minimum absolute atomic E-state index is 0.0417. The second-order valence-corrected chi connectivity index (χ2v) is 16.1. The predicted molar refractivity (Wildman–Crippen MR) is 205 cm³/mol. The van der Waals surface area contributed by atoms with Crippen LogP contribution < -0.4 is 20.1 Å². The standard InChI is InChI=1S/C39H56N6O7S/c1-25(2)35(45(38(49)50)21-29-24-53-26(3)40-29)37(48)41-30(18-27-12-10-9-11-13-27)32(46)23-44-17-16-43(22-31(44)36(47)42-39(4,5)6)20-28-14-15-33(51-7)34(19-28)52-8/h9-15,19,24-25,30-32,35,46H,16-18,20-23H2,1-8H3,(H,41,48)(H,42,47)(H,49,50)/t30-,31-,32+,35-/m0/s1. The maximum atomic E-state index is 14.1. The molecule has 1 saturated heterocycles. The van der Waals surface area contributed by atoms with Gasteiger partial charge in [0.15, 0.2) is 11.5 Å². The predicted octanol–water partition coefficient (Wildman–Crippen LogP) is 4.16. The summed E-state index contributed by atoms with van der Waals surface area (Å²) in [5.74, 6) is 0.240. The lowest BCUT2D eigenvalue weighted by molar-refractivity contribution is -0.133. The molecule has 4 atom stereocenters. The molecule has 2 aromatic carbocycles. The van der Waals surface area contributed by atoms with E-state index in [9.17, 15) is 24.6 Å². The van der Waals surface area contributed by atoms with E-state index < -0.39 is 41.8 Å². The minimum Gasteiger partial charge on any atom is -0.493 e. The highest BCUT2D eigenvalue weighted by Crippen LogP contribution is 2.29. The lowest BCUT2D eigenvalue weighted by Crippen LogP contribution is -2.63. The van der Waals surface area contributed by atoms with Crippen molar-refractivity contribution in [1.29, 1.82) is 0 Å². The van der Waals surface area contributed by atoms with E-state index in [0.717, 1.165) is 21.0 Å². The van der Waals surface area contributed by atoms with Gasteiger partial charge in [0, 0.05) is 43.6 Å². The molecule has 1 fully saturated rings. The van der Waals surface area contributed by atoms with Crippen LogP contribution in [0.15, 0.2) is 53.9 Å². The number of hydrogen-bond acceptors (Lipinski definition) is 10. The number of thiazole rings is 1. The molecule has 0 aliphatic carbocycles. The smallest absolute Gasteiger partial charge is 0.408 e. The van der Waals surface area contributed by atoms with Crippen molar-refractivity contribution in [3.63, 3.8) is 0 Å². The van der Waals surface area contributed by atoms with Gasteiger partial charge in [0.1, 0.15) is 12.1 Å². The summed E-state index contributed by atoms with van der Waals surface area (Å²) in [4.78, 5) is 50.2. The first-order chi connectivity index (χ1) is 25.1. The fourth-order valence-electron chi connectivity index (χ4n) is 6.71. The Labute approximate surface area is 317 Å². The van der Waals surface area contributed by atoms with Crippen LogP contribution in [-0.4, -0.2) is 118 Å². The largest absolute Gasteiger partial charge is 0.493 e. The summed E-state index contributed by atoms with van der Waals surface area (Å²) in [5, 5.41) is 30.9. The molecule has 3 aromatic rings. The number of aromatic nitrogens is 1. The molecule has 14 heteroatoms. The normalized spacial score (nSPS) is 17.1. The van der Waals surface area contributed by atoms with Crippen LogP contribution in [0, 0.1) is 12.8 Å². The van der Waals surface area contributed by atoms with Gasteiger partial charge in [-0.25, -0.2) is 9.78 Å². The Hall–Kier alpha value is -4.24. The second-order valence-electron chi connectivity index (χ2n) is 15.0. The van der Waals surface area contributed by atoms with Gasteiger partial charge in [-0.15, -0.1) is 11.3 Å². The topological polar surface area (TPSA) is 157 Å². The fourth-order valence-corrected chi connectivity index (χ4v) is 7.31. The van der Waals surface area contributed by atoms with Crippen LogP contribution in [-0.2, 0) is 29.1 Å². The number of β-amino-alcohol motifs (C(OH)–C–C–N with tert-alkyl or cyclic N) is 1. The molecule has 1 aliphatic rings. The highest BCUT2D eigenvalue weighted by molar-refractivity contribution is 7.09. The van der Waals surface area contributed by atoms with Gasteiger partial charge in [-0.2, -0.15) is 0 Å². The van der Waals surface area contributed by atoms with Crippen LogP contribution in [0.3, 0.4) is 0 Å². The van der Waals surface area contributed by atoms with Gasteiger partial charge in [0.05, 0.1) is 43.6 Å². The zero-order valence-electron chi connectivity index (χ0n) is 32.2. The highest BCUT2D eigenvalue weighted by Gasteiger charge is 2.38. The van der Waals surface area contributed by atoms with Crippen molar-refractivity contribution < 1.29 is 34.1 Å². The molecule has 0 bridgehead atoms. The Kier molecular flexibility index (Phi) is 14.6. The van der Waals surface area contributed by atoms with Gasteiger partial charge in [-0.05, 0) is 63.3 Å². The number of hydrogen-bond donors (Lipinski definition) is 4. The molecule has 290 valence electrons. The number of aliphatic hydroxyl groups excluding tert-OH is 1. The molecule has 4 rings (SSSR count). The van der Waals surface area contributed by atoms with Crippen molar-refractivity contribution in [1.82, 2.24) is 30.3 Å². The molecular weight excluding hydrogens is 697 g/mol. The molecule has 13 nitrogen and oxygen atoms in total. The van der Waals surface area contributed by atoms with Crippen LogP contribution in [0.4, 0.5) is 4.79 Å². The van der Waals surface area contributed by atoms with E-state index in [2.05, 4.69) is 20.5 Å². The summed E-state index contributed by atoms with van der Waals surface area (Å²) in [5.41, 5.74) is 2.00. The average Bonchev–Trinajstić information content (AvgIpc) is 3.51. The first kappa shape index (κ1) is 41.5. The summed E-state index contributed by atoms with van der Waals surface area (Å²) >= 11 is 1.42. The maximum Gasteiger partial charge on any atom is 0.408 e. The van der Waals surface area contributed by atoms with E-state index >= 15 is 0 Å². The molecule has 4 N–H and O–H groups in total. The van der Waals surface area contributed by atoms with Crippen LogP contribution in [0.2, 0.25) is 0 Å². The van der Waals surface area contributed by atoms with E-state index in [1.165, 1.54) is 11.3 Å². The quantitative estimate of drug-likeness (QED) is 0.168. The molecule has 1 aliphatic heterocycles. The molecule has 0 radical (unpaired) electrons. The zero-order valence-corrected chi connectivity index (χ0v) is 33.0.